The summed E-state index contributed by atoms with van der Waals surface area (Å²) in [7, 11) is 2.12. The molecule has 0 saturated carbocycles. The minimum Gasteiger partial charge on any atom is -0.313 e. The average Bonchev–Trinajstić information content (AvgIpc) is 2.31. The number of rotatable bonds is 7. The van der Waals surface area contributed by atoms with Crippen LogP contribution in [0.5, 0.6) is 0 Å². The van der Waals surface area contributed by atoms with Crippen molar-refractivity contribution in [2.24, 2.45) is 0 Å². The molecule has 1 N–H and O–H groups in total. The molecule has 96 valence electrons. The van der Waals surface area contributed by atoms with Crippen LogP contribution in [-0.4, -0.2) is 37.6 Å². The highest BCUT2D eigenvalue weighted by Crippen LogP contribution is 2.02. The van der Waals surface area contributed by atoms with Crippen molar-refractivity contribution in [3.63, 3.8) is 0 Å². The second-order valence-electron chi connectivity index (χ2n) is 4.59. The molecule has 0 radical (unpaired) electrons. The monoisotopic (exact) mass is 238 g/mol. The third kappa shape index (κ3) is 5.80. The predicted molar refractivity (Wildman–Crippen MR) is 70.7 cm³/mol. The van der Waals surface area contributed by atoms with Crippen molar-refractivity contribution < 1.29 is 4.39 Å². The molecule has 1 atom stereocenters. The van der Waals surface area contributed by atoms with E-state index >= 15 is 0 Å². The Bertz CT molecular complexity index is 311. The van der Waals surface area contributed by atoms with Gasteiger partial charge in [0.2, 0.25) is 0 Å². The molecule has 1 aromatic carbocycles. The quantitative estimate of drug-likeness (QED) is 0.784. The van der Waals surface area contributed by atoms with Gasteiger partial charge in [-0.1, -0.05) is 19.1 Å². The van der Waals surface area contributed by atoms with Gasteiger partial charge in [0.25, 0.3) is 0 Å². The second kappa shape index (κ2) is 7.41. The SMILES string of the molecule is CCN(C)CC(C)NCCc1ccc(F)cc1. The number of benzene rings is 1. The molecule has 3 heteroatoms. The van der Waals surface area contributed by atoms with E-state index in [1.807, 2.05) is 12.1 Å². The van der Waals surface area contributed by atoms with E-state index in [-0.39, 0.29) is 5.82 Å². The molecule has 0 aromatic heterocycles. The van der Waals surface area contributed by atoms with Crippen molar-refractivity contribution in [3.8, 4) is 0 Å². The van der Waals surface area contributed by atoms with Gasteiger partial charge in [0.05, 0.1) is 0 Å². The standard InChI is InChI=1S/C14H23FN2/c1-4-17(3)11-12(2)16-10-9-13-5-7-14(15)8-6-13/h5-8,12,16H,4,9-11H2,1-3H3. The number of hydrogen-bond acceptors (Lipinski definition) is 2. The van der Waals surface area contributed by atoms with Crippen LogP contribution >= 0.6 is 0 Å². The molecule has 0 bridgehead atoms. The molecule has 1 unspecified atom stereocenters. The molecule has 17 heavy (non-hydrogen) atoms. The Labute approximate surface area is 104 Å². The van der Waals surface area contributed by atoms with Crippen molar-refractivity contribution in [1.29, 1.82) is 0 Å². The summed E-state index contributed by atoms with van der Waals surface area (Å²) < 4.78 is 12.7. The molecule has 0 aliphatic rings. The van der Waals surface area contributed by atoms with Crippen LogP contribution in [-0.2, 0) is 6.42 Å². The van der Waals surface area contributed by atoms with Gasteiger partial charge in [-0.15, -0.1) is 0 Å². The highest BCUT2D eigenvalue weighted by Gasteiger charge is 2.03. The Morgan fingerprint density at radius 2 is 1.94 bits per heavy atom. The fourth-order valence-corrected chi connectivity index (χ4v) is 1.78. The first kappa shape index (κ1) is 14.1. The topological polar surface area (TPSA) is 15.3 Å². The maximum absolute atomic E-state index is 12.7. The van der Waals surface area contributed by atoms with Crippen molar-refractivity contribution in [2.75, 3.05) is 26.7 Å². The molecular weight excluding hydrogens is 215 g/mol. The van der Waals surface area contributed by atoms with Crippen molar-refractivity contribution in [1.82, 2.24) is 10.2 Å². The number of hydrogen-bond donors (Lipinski definition) is 1. The van der Waals surface area contributed by atoms with Crippen LogP contribution in [0.3, 0.4) is 0 Å². The van der Waals surface area contributed by atoms with Crippen LogP contribution in [0, 0.1) is 5.82 Å². The fraction of sp³-hybridized carbons (Fsp3) is 0.571. The Balaban J connectivity index is 2.21. The molecule has 0 aliphatic heterocycles. The van der Waals surface area contributed by atoms with Gasteiger partial charge in [-0.2, -0.15) is 0 Å². The maximum atomic E-state index is 12.7. The Morgan fingerprint density at radius 3 is 2.53 bits per heavy atom. The fourth-order valence-electron chi connectivity index (χ4n) is 1.78. The Kier molecular flexibility index (Phi) is 6.16. The summed E-state index contributed by atoms with van der Waals surface area (Å²) in [6.07, 6.45) is 0.945. The van der Waals surface area contributed by atoms with Crippen LogP contribution in [0.25, 0.3) is 0 Å². The van der Waals surface area contributed by atoms with E-state index in [1.54, 1.807) is 0 Å². The number of nitrogens with one attached hydrogen (secondary N) is 1. The van der Waals surface area contributed by atoms with E-state index in [2.05, 4.69) is 31.1 Å². The summed E-state index contributed by atoms with van der Waals surface area (Å²) in [5, 5.41) is 3.48. The molecule has 0 aliphatic carbocycles. The molecule has 0 amide bonds. The zero-order valence-corrected chi connectivity index (χ0v) is 11.0. The summed E-state index contributed by atoms with van der Waals surface area (Å²) in [6.45, 7) is 7.41. The summed E-state index contributed by atoms with van der Waals surface area (Å²) >= 11 is 0. The first-order valence-electron chi connectivity index (χ1n) is 6.28. The summed E-state index contributed by atoms with van der Waals surface area (Å²) in [5.41, 5.74) is 1.18. The zero-order valence-electron chi connectivity index (χ0n) is 11.0. The Morgan fingerprint density at radius 1 is 1.29 bits per heavy atom. The minimum absolute atomic E-state index is 0.167. The smallest absolute Gasteiger partial charge is 0.123 e. The lowest BCUT2D eigenvalue weighted by molar-refractivity contribution is 0.311. The largest absolute Gasteiger partial charge is 0.313 e. The van der Waals surface area contributed by atoms with E-state index in [0.717, 1.165) is 26.1 Å². The molecule has 1 rings (SSSR count). The summed E-state index contributed by atoms with van der Waals surface area (Å²) in [5.74, 6) is -0.167. The van der Waals surface area contributed by atoms with Gasteiger partial charge in [0, 0.05) is 12.6 Å². The van der Waals surface area contributed by atoms with Crippen LogP contribution < -0.4 is 5.32 Å². The number of nitrogens with zero attached hydrogens (tertiary/aromatic N) is 1. The molecule has 2 nitrogen and oxygen atoms in total. The van der Waals surface area contributed by atoms with Gasteiger partial charge >= 0.3 is 0 Å². The number of halogens is 1. The molecule has 0 fully saturated rings. The normalized spacial score (nSPS) is 13.0. The summed E-state index contributed by atoms with van der Waals surface area (Å²) in [6, 6.07) is 7.22. The van der Waals surface area contributed by atoms with E-state index in [0.29, 0.717) is 6.04 Å². The zero-order chi connectivity index (χ0) is 12.7. The second-order valence-corrected chi connectivity index (χ2v) is 4.59. The minimum atomic E-state index is -0.167. The van der Waals surface area contributed by atoms with E-state index in [4.69, 9.17) is 0 Å². The van der Waals surface area contributed by atoms with Gasteiger partial charge < -0.3 is 10.2 Å². The van der Waals surface area contributed by atoms with E-state index < -0.39 is 0 Å². The van der Waals surface area contributed by atoms with Crippen LogP contribution in [0.2, 0.25) is 0 Å². The first-order valence-corrected chi connectivity index (χ1v) is 6.28. The van der Waals surface area contributed by atoms with Gasteiger partial charge in [0.15, 0.2) is 0 Å². The van der Waals surface area contributed by atoms with Crippen LogP contribution in [0.4, 0.5) is 4.39 Å². The first-order chi connectivity index (χ1) is 8.11. The van der Waals surface area contributed by atoms with Crippen molar-refractivity contribution in [2.45, 2.75) is 26.3 Å². The molecule has 0 heterocycles. The van der Waals surface area contributed by atoms with Crippen molar-refractivity contribution in [3.05, 3.63) is 35.6 Å². The van der Waals surface area contributed by atoms with E-state index in [1.165, 1.54) is 17.7 Å². The lowest BCUT2D eigenvalue weighted by atomic mass is 10.1. The van der Waals surface area contributed by atoms with Crippen LogP contribution in [0.15, 0.2) is 24.3 Å². The highest BCUT2D eigenvalue weighted by atomic mass is 19.1. The van der Waals surface area contributed by atoms with Crippen molar-refractivity contribution >= 4 is 0 Å². The van der Waals surface area contributed by atoms with Gasteiger partial charge in [-0.05, 0) is 51.2 Å². The Hall–Kier alpha value is -0.930. The predicted octanol–water partition coefficient (Wildman–Crippen LogP) is 2.30. The maximum Gasteiger partial charge on any atom is 0.123 e. The molecule has 0 spiro atoms. The third-order valence-corrected chi connectivity index (χ3v) is 2.95. The van der Waals surface area contributed by atoms with Gasteiger partial charge in [-0.3, -0.25) is 0 Å². The van der Waals surface area contributed by atoms with Gasteiger partial charge in [0.1, 0.15) is 5.82 Å². The molecule has 0 saturated heterocycles. The van der Waals surface area contributed by atoms with Gasteiger partial charge in [-0.25, -0.2) is 4.39 Å². The lowest BCUT2D eigenvalue weighted by Gasteiger charge is -2.20. The van der Waals surface area contributed by atoms with E-state index in [9.17, 15) is 4.39 Å². The molecular formula is C14H23FN2. The average molecular weight is 238 g/mol. The lowest BCUT2D eigenvalue weighted by Crippen LogP contribution is -2.38. The third-order valence-electron chi connectivity index (χ3n) is 2.95. The van der Waals surface area contributed by atoms with Crippen LogP contribution in [0.1, 0.15) is 19.4 Å². The molecule has 1 aromatic rings. The number of likely N-dealkylation sites (N-methyl/N-ethyl adjacent to an activating group) is 1. The highest BCUT2D eigenvalue weighted by molar-refractivity contribution is 5.16. The summed E-state index contributed by atoms with van der Waals surface area (Å²) in [4.78, 5) is 2.29.